The van der Waals surface area contributed by atoms with E-state index in [1.54, 1.807) is 4.90 Å². The van der Waals surface area contributed by atoms with Crippen LogP contribution in [0.3, 0.4) is 0 Å². The van der Waals surface area contributed by atoms with Crippen LogP contribution in [0.1, 0.15) is 47.5 Å². The van der Waals surface area contributed by atoms with Gasteiger partial charge in [-0.15, -0.1) is 24.0 Å². The molecule has 10 heteroatoms. The second-order valence-corrected chi connectivity index (χ2v) is 9.41. The standard InChI is InChI=1S/C21H41N5O4.HI/c1-6-22-18(24-15-21(5,28)16-25-11-13-29-14-12-25)23-9-10-26(17-7-8-17)19(27)30-20(2,3)4;/h17,28H,6-16H2,1-5H3,(H2,22,23,24);1H. The normalized spacial score (nSPS) is 19.7. The molecule has 1 amide bonds. The zero-order valence-corrected chi connectivity index (χ0v) is 22.1. The number of ether oxygens (including phenoxy) is 2. The van der Waals surface area contributed by atoms with Crippen LogP contribution in [0.2, 0.25) is 0 Å². The Kier molecular flexibility index (Phi) is 11.8. The number of aliphatic hydroxyl groups is 1. The Morgan fingerprint density at radius 1 is 1.23 bits per heavy atom. The number of halogens is 1. The van der Waals surface area contributed by atoms with E-state index >= 15 is 0 Å². The second-order valence-electron chi connectivity index (χ2n) is 9.41. The van der Waals surface area contributed by atoms with E-state index in [1.807, 2.05) is 34.6 Å². The highest BCUT2D eigenvalue weighted by Crippen LogP contribution is 2.28. The lowest BCUT2D eigenvalue weighted by molar-refractivity contribution is -0.0180. The van der Waals surface area contributed by atoms with E-state index < -0.39 is 11.2 Å². The molecule has 1 heterocycles. The number of guanidine groups is 1. The third-order valence-corrected chi connectivity index (χ3v) is 4.85. The van der Waals surface area contributed by atoms with Crippen LogP contribution < -0.4 is 10.6 Å². The molecule has 31 heavy (non-hydrogen) atoms. The molecule has 0 aromatic rings. The molecule has 9 nitrogen and oxygen atoms in total. The summed E-state index contributed by atoms with van der Waals surface area (Å²) in [5, 5.41) is 17.2. The minimum absolute atomic E-state index is 0. The van der Waals surface area contributed by atoms with Crippen molar-refractivity contribution < 1.29 is 19.4 Å². The van der Waals surface area contributed by atoms with Gasteiger partial charge in [0.25, 0.3) is 0 Å². The first-order valence-corrected chi connectivity index (χ1v) is 11.1. The van der Waals surface area contributed by atoms with Crippen molar-refractivity contribution in [3.63, 3.8) is 0 Å². The molecule has 0 radical (unpaired) electrons. The van der Waals surface area contributed by atoms with Crippen LogP contribution in [-0.4, -0.2) is 103 Å². The highest BCUT2D eigenvalue weighted by Gasteiger charge is 2.35. The summed E-state index contributed by atoms with van der Waals surface area (Å²) < 4.78 is 10.9. The minimum Gasteiger partial charge on any atom is -0.444 e. The number of carbonyl (C=O) groups excluding carboxylic acids is 1. The van der Waals surface area contributed by atoms with Gasteiger partial charge >= 0.3 is 6.09 Å². The predicted octanol–water partition coefficient (Wildman–Crippen LogP) is 1.64. The van der Waals surface area contributed by atoms with E-state index in [9.17, 15) is 9.90 Å². The molecule has 0 spiro atoms. The molecule has 1 saturated carbocycles. The molecule has 182 valence electrons. The lowest BCUT2D eigenvalue weighted by atomic mass is 10.1. The van der Waals surface area contributed by atoms with Gasteiger partial charge in [-0.2, -0.15) is 0 Å². The Hall–Kier alpha value is -0.850. The van der Waals surface area contributed by atoms with Crippen LogP contribution in [0.25, 0.3) is 0 Å². The third-order valence-electron chi connectivity index (χ3n) is 4.85. The molecule has 0 aromatic carbocycles. The van der Waals surface area contributed by atoms with E-state index in [0.29, 0.717) is 38.8 Å². The van der Waals surface area contributed by atoms with Gasteiger partial charge in [0.2, 0.25) is 0 Å². The average Bonchev–Trinajstić information content (AvgIpc) is 3.47. The summed E-state index contributed by atoms with van der Waals surface area (Å²) in [5.41, 5.74) is -1.42. The molecule has 2 rings (SSSR count). The summed E-state index contributed by atoms with van der Waals surface area (Å²) in [7, 11) is 0. The molecule has 2 fully saturated rings. The van der Waals surface area contributed by atoms with Gasteiger partial charge in [-0.1, -0.05) is 0 Å². The Balaban J connectivity index is 0.00000480. The van der Waals surface area contributed by atoms with Crippen molar-refractivity contribution in [2.75, 3.05) is 59.0 Å². The predicted molar refractivity (Wildman–Crippen MR) is 133 cm³/mol. The van der Waals surface area contributed by atoms with Crippen LogP contribution in [0.4, 0.5) is 4.79 Å². The summed E-state index contributed by atoms with van der Waals surface area (Å²) in [4.78, 5) is 21.0. The summed E-state index contributed by atoms with van der Waals surface area (Å²) in [6, 6.07) is 0.274. The molecule has 0 bridgehead atoms. The van der Waals surface area contributed by atoms with E-state index in [0.717, 1.165) is 32.5 Å². The average molecular weight is 556 g/mol. The minimum atomic E-state index is -0.920. The molecule has 1 unspecified atom stereocenters. The van der Waals surface area contributed by atoms with Crippen molar-refractivity contribution in [2.45, 2.75) is 64.7 Å². The Morgan fingerprint density at radius 3 is 2.42 bits per heavy atom. The fourth-order valence-corrected chi connectivity index (χ4v) is 3.31. The number of amides is 1. The van der Waals surface area contributed by atoms with E-state index in [2.05, 4.69) is 20.5 Å². The lowest BCUT2D eigenvalue weighted by Crippen LogP contribution is -2.48. The van der Waals surface area contributed by atoms with Crippen molar-refractivity contribution in [3.05, 3.63) is 0 Å². The molecule has 1 saturated heterocycles. The summed E-state index contributed by atoms with van der Waals surface area (Å²) in [6.45, 7) is 15.2. The summed E-state index contributed by atoms with van der Waals surface area (Å²) in [6.07, 6.45) is 1.79. The lowest BCUT2D eigenvalue weighted by Gasteiger charge is -2.33. The van der Waals surface area contributed by atoms with Crippen molar-refractivity contribution in [1.82, 2.24) is 20.4 Å². The number of rotatable bonds is 9. The number of morpholine rings is 1. The van der Waals surface area contributed by atoms with Crippen LogP contribution in [0, 0.1) is 0 Å². The first-order chi connectivity index (χ1) is 14.1. The summed E-state index contributed by atoms with van der Waals surface area (Å²) in [5.74, 6) is 0.639. The molecule has 1 aliphatic carbocycles. The van der Waals surface area contributed by atoms with Gasteiger partial charge in [-0.3, -0.25) is 9.89 Å². The number of hydrogen-bond acceptors (Lipinski definition) is 6. The maximum absolute atomic E-state index is 12.5. The van der Waals surface area contributed by atoms with Gasteiger partial charge < -0.3 is 30.1 Å². The van der Waals surface area contributed by atoms with E-state index in [4.69, 9.17) is 9.47 Å². The van der Waals surface area contributed by atoms with Crippen LogP contribution in [0.5, 0.6) is 0 Å². The van der Waals surface area contributed by atoms with Crippen molar-refractivity contribution >= 4 is 36.0 Å². The molecule has 2 aliphatic rings. The zero-order valence-electron chi connectivity index (χ0n) is 19.8. The molecule has 0 aromatic heterocycles. The number of β-amino-alcohol motifs (C(OH)–C–C–N with tert-alkyl or cyclic N) is 1. The molecular weight excluding hydrogens is 513 g/mol. The molecule has 1 aliphatic heterocycles. The van der Waals surface area contributed by atoms with E-state index in [1.165, 1.54) is 0 Å². The number of nitrogens with zero attached hydrogens (tertiary/aromatic N) is 3. The highest BCUT2D eigenvalue weighted by molar-refractivity contribution is 14.0. The quantitative estimate of drug-likeness (QED) is 0.226. The van der Waals surface area contributed by atoms with Crippen LogP contribution >= 0.6 is 24.0 Å². The van der Waals surface area contributed by atoms with E-state index in [-0.39, 0.29) is 42.7 Å². The largest absolute Gasteiger partial charge is 0.444 e. The Morgan fingerprint density at radius 2 is 1.87 bits per heavy atom. The molecule has 1 atom stereocenters. The fraction of sp³-hybridized carbons (Fsp3) is 0.905. The van der Waals surface area contributed by atoms with Gasteiger partial charge in [-0.25, -0.2) is 4.79 Å². The molecule has 3 N–H and O–H groups in total. The maximum Gasteiger partial charge on any atom is 0.410 e. The highest BCUT2D eigenvalue weighted by atomic mass is 127. The Labute approximate surface area is 204 Å². The van der Waals surface area contributed by atoms with Crippen LogP contribution in [-0.2, 0) is 9.47 Å². The zero-order chi connectivity index (χ0) is 22.2. The number of carbonyl (C=O) groups is 1. The smallest absolute Gasteiger partial charge is 0.410 e. The monoisotopic (exact) mass is 555 g/mol. The van der Waals surface area contributed by atoms with Crippen molar-refractivity contribution in [3.8, 4) is 0 Å². The third kappa shape index (κ3) is 11.5. The number of aliphatic imine (C=N–C) groups is 1. The second kappa shape index (κ2) is 13.0. The van der Waals surface area contributed by atoms with Gasteiger partial charge in [0, 0.05) is 45.3 Å². The van der Waals surface area contributed by atoms with Gasteiger partial charge in [0.05, 0.1) is 25.4 Å². The molecular formula is C21H42IN5O4. The first kappa shape index (κ1) is 28.2. The van der Waals surface area contributed by atoms with Gasteiger partial charge in [-0.05, 0) is 47.5 Å². The van der Waals surface area contributed by atoms with Gasteiger partial charge in [0.1, 0.15) is 5.60 Å². The number of hydrogen-bond donors (Lipinski definition) is 3. The Bertz CT molecular complexity index is 573. The maximum atomic E-state index is 12.5. The van der Waals surface area contributed by atoms with Crippen molar-refractivity contribution in [1.29, 1.82) is 0 Å². The fourth-order valence-electron chi connectivity index (χ4n) is 3.31. The van der Waals surface area contributed by atoms with Gasteiger partial charge in [0.15, 0.2) is 5.96 Å². The first-order valence-electron chi connectivity index (χ1n) is 11.1. The SMILES string of the molecule is CCNC(=NCC(C)(O)CN1CCOCC1)NCCN(C(=O)OC(C)(C)C)C1CC1.I. The van der Waals surface area contributed by atoms with Crippen molar-refractivity contribution in [2.24, 2.45) is 4.99 Å². The number of nitrogens with one attached hydrogen (secondary N) is 2. The topological polar surface area (TPSA) is 98.7 Å². The van der Waals surface area contributed by atoms with Crippen LogP contribution in [0.15, 0.2) is 4.99 Å². The summed E-state index contributed by atoms with van der Waals surface area (Å²) >= 11 is 0.